The van der Waals surface area contributed by atoms with Gasteiger partial charge in [-0.2, -0.15) is 0 Å². The normalized spacial score (nSPS) is 14.3. The van der Waals surface area contributed by atoms with Gasteiger partial charge in [0.2, 0.25) is 0 Å². The van der Waals surface area contributed by atoms with E-state index in [-0.39, 0.29) is 24.9 Å². The van der Waals surface area contributed by atoms with Crippen LogP contribution in [0.1, 0.15) is 19.8 Å². The number of benzene rings is 2. The molecule has 1 aliphatic heterocycles. The fourth-order valence-corrected chi connectivity index (χ4v) is 3.58. The summed E-state index contributed by atoms with van der Waals surface area (Å²) < 4.78 is 5.12. The van der Waals surface area contributed by atoms with Crippen molar-refractivity contribution in [3.05, 3.63) is 48.5 Å². The number of rotatable bonds is 9. The summed E-state index contributed by atoms with van der Waals surface area (Å²) in [4.78, 5) is 28.0. The lowest BCUT2D eigenvalue weighted by Crippen LogP contribution is -3.13. The lowest BCUT2D eigenvalue weighted by atomic mass is 10.2. The third kappa shape index (κ3) is 6.22. The molecule has 1 saturated heterocycles. The second kappa shape index (κ2) is 10.6. The van der Waals surface area contributed by atoms with E-state index in [1.165, 1.54) is 18.5 Å². The van der Waals surface area contributed by atoms with Crippen molar-refractivity contribution in [3.63, 3.8) is 0 Å². The predicted octanol–water partition coefficient (Wildman–Crippen LogP) is 1.78. The van der Waals surface area contributed by atoms with Gasteiger partial charge >= 0.3 is 0 Å². The highest BCUT2D eigenvalue weighted by Gasteiger charge is 2.17. The largest absolute Gasteiger partial charge is 0.497 e. The summed E-state index contributed by atoms with van der Waals surface area (Å²) in [5, 5.41) is 5.80. The number of anilines is 3. The number of ether oxygens (including phenoxy) is 1. The molecule has 2 aromatic carbocycles. The van der Waals surface area contributed by atoms with Crippen molar-refractivity contribution in [1.29, 1.82) is 0 Å². The first-order valence-corrected chi connectivity index (χ1v) is 10.5. The van der Waals surface area contributed by atoms with Gasteiger partial charge < -0.3 is 25.2 Å². The first-order valence-electron chi connectivity index (χ1n) is 10.5. The zero-order chi connectivity index (χ0) is 21.3. The van der Waals surface area contributed by atoms with Crippen LogP contribution >= 0.6 is 0 Å². The highest BCUT2D eigenvalue weighted by molar-refractivity contribution is 5.93. The molecule has 2 amide bonds. The molecule has 0 aromatic heterocycles. The van der Waals surface area contributed by atoms with E-state index in [1.54, 1.807) is 31.4 Å². The Morgan fingerprint density at radius 3 is 1.87 bits per heavy atom. The Morgan fingerprint density at radius 1 is 0.900 bits per heavy atom. The Balaban J connectivity index is 1.46. The summed E-state index contributed by atoms with van der Waals surface area (Å²) in [6.07, 6.45) is 2.47. The lowest BCUT2D eigenvalue weighted by molar-refractivity contribution is -0.881. The highest BCUT2D eigenvalue weighted by Crippen LogP contribution is 2.22. The molecule has 1 atom stereocenters. The van der Waals surface area contributed by atoms with E-state index < -0.39 is 0 Å². The maximum absolute atomic E-state index is 12.4. The van der Waals surface area contributed by atoms with Gasteiger partial charge in [0.25, 0.3) is 11.8 Å². The van der Waals surface area contributed by atoms with Crippen LogP contribution in [0.15, 0.2) is 48.5 Å². The summed E-state index contributed by atoms with van der Waals surface area (Å²) in [5.74, 6) is 0.511. The van der Waals surface area contributed by atoms with Gasteiger partial charge in [0.15, 0.2) is 13.1 Å². The maximum atomic E-state index is 12.4. The van der Waals surface area contributed by atoms with Crippen molar-refractivity contribution in [3.8, 4) is 5.75 Å². The van der Waals surface area contributed by atoms with Crippen LogP contribution in [0.5, 0.6) is 5.75 Å². The molecule has 3 N–H and O–H groups in total. The van der Waals surface area contributed by atoms with E-state index in [9.17, 15) is 9.59 Å². The number of carbonyl (C=O) groups excluding carboxylic acids is 2. The molecule has 1 aliphatic rings. The monoisotopic (exact) mass is 411 g/mol. The number of nitrogens with one attached hydrogen (secondary N) is 3. The van der Waals surface area contributed by atoms with Crippen molar-refractivity contribution in [2.75, 3.05) is 55.4 Å². The molecule has 1 heterocycles. The number of hydrogen-bond donors (Lipinski definition) is 3. The van der Waals surface area contributed by atoms with E-state index in [0.717, 1.165) is 29.4 Å². The maximum Gasteiger partial charge on any atom is 0.279 e. The molecule has 0 aliphatic carbocycles. The first-order chi connectivity index (χ1) is 14.6. The van der Waals surface area contributed by atoms with Crippen molar-refractivity contribution >= 4 is 28.9 Å². The summed E-state index contributed by atoms with van der Waals surface area (Å²) in [7, 11) is 1.60. The van der Waals surface area contributed by atoms with Crippen LogP contribution < -0.4 is 25.2 Å². The van der Waals surface area contributed by atoms with Gasteiger partial charge in [-0.05, 0) is 68.3 Å². The van der Waals surface area contributed by atoms with Crippen LogP contribution in [0.25, 0.3) is 0 Å². The molecule has 7 nitrogen and oxygen atoms in total. The smallest absolute Gasteiger partial charge is 0.279 e. The first kappa shape index (κ1) is 21.6. The molecule has 1 unspecified atom stereocenters. The summed E-state index contributed by atoms with van der Waals surface area (Å²) in [6, 6.07) is 15.1. The average Bonchev–Trinajstić information content (AvgIpc) is 3.29. The van der Waals surface area contributed by atoms with Crippen LogP contribution in [0.2, 0.25) is 0 Å². The Kier molecular flexibility index (Phi) is 7.68. The number of carbonyl (C=O) groups is 2. The predicted molar refractivity (Wildman–Crippen MR) is 119 cm³/mol. The molecular weight excluding hydrogens is 380 g/mol. The topological polar surface area (TPSA) is 75.1 Å². The van der Waals surface area contributed by atoms with Crippen LogP contribution in [0.3, 0.4) is 0 Å². The van der Waals surface area contributed by atoms with Gasteiger partial charge in [-0.15, -0.1) is 0 Å². The van der Waals surface area contributed by atoms with Gasteiger partial charge in [0.05, 0.1) is 13.7 Å². The average molecular weight is 412 g/mol. The number of likely N-dealkylation sites (N-methyl/N-ethyl adjacent to an activating group) is 1. The molecule has 0 radical (unpaired) electrons. The van der Waals surface area contributed by atoms with E-state index in [1.807, 2.05) is 31.2 Å². The molecule has 2 aromatic rings. The van der Waals surface area contributed by atoms with Gasteiger partial charge in [0.1, 0.15) is 5.75 Å². The number of methoxy groups -OCH3 is 1. The molecule has 3 rings (SSSR count). The second-order valence-electron chi connectivity index (χ2n) is 7.52. The fraction of sp³-hybridized carbons (Fsp3) is 0.391. The minimum absolute atomic E-state index is 0.0991. The summed E-state index contributed by atoms with van der Waals surface area (Å²) >= 11 is 0. The standard InChI is InChI=1S/C23H30N4O3/c1-3-26(17-23(29)25-19-8-12-21(30-2)13-9-19)16-22(28)24-18-6-10-20(11-7-18)27-14-4-5-15-27/h6-13H,3-5,14-17H2,1-2H3,(H,24,28)(H,25,29)/p+1. The number of amides is 2. The van der Waals surface area contributed by atoms with Crippen molar-refractivity contribution in [2.45, 2.75) is 19.8 Å². The minimum atomic E-state index is -0.125. The quantitative estimate of drug-likeness (QED) is 0.588. The molecule has 0 bridgehead atoms. The molecule has 1 fully saturated rings. The van der Waals surface area contributed by atoms with Gasteiger partial charge in [-0.3, -0.25) is 9.59 Å². The summed E-state index contributed by atoms with van der Waals surface area (Å²) in [6.45, 7) is 5.30. The molecule has 7 heteroatoms. The molecule has 0 saturated carbocycles. The van der Waals surface area contributed by atoms with Crippen molar-refractivity contribution in [1.82, 2.24) is 0 Å². The van der Waals surface area contributed by atoms with Crippen LogP contribution in [0, 0.1) is 0 Å². The van der Waals surface area contributed by atoms with E-state index in [4.69, 9.17) is 4.74 Å². The Labute approximate surface area is 178 Å². The molecule has 160 valence electrons. The van der Waals surface area contributed by atoms with Crippen molar-refractivity contribution < 1.29 is 19.2 Å². The van der Waals surface area contributed by atoms with Crippen LogP contribution in [0.4, 0.5) is 17.1 Å². The Morgan fingerprint density at radius 2 is 1.40 bits per heavy atom. The number of nitrogens with zero attached hydrogens (tertiary/aromatic N) is 1. The number of hydrogen-bond acceptors (Lipinski definition) is 4. The second-order valence-corrected chi connectivity index (χ2v) is 7.52. The van der Waals surface area contributed by atoms with Crippen molar-refractivity contribution in [2.24, 2.45) is 0 Å². The third-order valence-corrected chi connectivity index (χ3v) is 5.32. The van der Waals surface area contributed by atoms with Crippen LogP contribution in [-0.2, 0) is 9.59 Å². The summed E-state index contributed by atoms with van der Waals surface area (Å²) in [5.41, 5.74) is 2.68. The highest BCUT2D eigenvalue weighted by atomic mass is 16.5. The molecular formula is C23H31N4O3+. The van der Waals surface area contributed by atoms with E-state index >= 15 is 0 Å². The van der Waals surface area contributed by atoms with E-state index in [0.29, 0.717) is 12.2 Å². The zero-order valence-electron chi connectivity index (χ0n) is 17.7. The molecule has 0 spiro atoms. The number of quaternary nitrogens is 1. The van der Waals surface area contributed by atoms with Gasteiger partial charge in [-0.1, -0.05) is 0 Å². The SMILES string of the molecule is CC[NH+](CC(=O)Nc1ccc(OC)cc1)CC(=O)Nc1ccc(N2CCCC2)cc1. The van der Waals surface area contributed by atoms with Crippen LogP contribution in [-0.4, -0.2) is 51.6 Å². The fourth-order valence-electron chi connectivity index (χ4n) is 3.58. The minimum Gasteiger partial charge on any atom is -0.497 e. The Bertz CT molecular complexity index is 831. The third-order valence-electron chi connectivity index (χ3n) is 5.32. The lowest BCUT2D eigenvalue weighted by Gasteiger charge is -2.19. The Hall–Kier alpha value is -3.06. The molecule has 30 heavy (non-hydrogen) atoms. The van der Waals surface area contributed by atoms with E-state index in [2.05, 4.69) is 15.5 Å². The van der Waals surface area contributed by atoms with Gasteiger partial charge in [0, 0.05) is 30.2 Å². The van der Waals surface area contributed by atoms with Gasteiger partial charge in [-0.25, -0.2) is 0 Å². The zero-order valence-corrected chi connectivity index (χ0v) is 17.7.